The summed E-state index contributed by atoms with van der Waals surface area (Å²) >= 11 is 0. The van der Waals surface area contributed by atoms with Crippen LogP contribution in [0.25, 0.3) is 0 Å². The Labute approximate surface area is 97.0 Å². The molecule has 0 saturated carbocycles. The number of nitrogens with two attached hydrogens (primary N) is 1. The van der Waals surface area contributed by atoms with Gasteiger partial charge in [-0.3, -0.25) is 15.1 Å². The standard InChI is InChI=1S/C10H11N5O2/c1-7(8-2-4-12-5-3-8)14-10(11)9(6-13-14)15(16)17/h2-7H,11H2,1H3. The second kappa shape index (κ2) is 4.20. The van der Waals surface area contributed by atoms with E-state index in [9.17, 15) is 10.1 Å². The van der Waals surface area contributed by atoms with Crippen molar-refractivity contribution >= 4 is 11.5 Å². The third-order valence-corrected chi connectivity index (χ3v) is 2.57. The van der Waals surface area contributed by atoms with Crippen LogP contribution >= 0.6 is 0 Å². The highest BCUT2D eigenvalue weighted by atomic mass is 16.6. The van der Waals surface area contributed by atoms with Crippen LogP contribution < -0.4 is 5.73 Å². The molecule has 0 radical (unpaired) electrons. The van der Waals surface area contributed by atoms with E-state index in [1.165, 1.54) is 4.68 Å². The molecule has 0 aliphatic carbocycles. The Bertz CT molecular complexity index is 537. The molecule has 2 N–H and O–H groups in total. The van der Waals surface area contributed by atoms with Crippen LogP contribution in [0.15, 0.2) is 30.7 Å². The molecule has 7 heteroatoms. The van der Waals surface area contributed by atoms with E-state index in [0.717, 1.165) is 11.8 Å². The van der Waals surface area contributed by atoms with E-state index in [4.69, 9.17) is 5.73 Å². The lowest BCUT2D eigenvalue weighted by molar-refractivity contribution is -0.384. The van der Waals surface area contributed by atoms with E-state index in [0.29, 0.717) is 0 Å². The summed E-state index contributed by atoms with van der Waals surface area (Å²) in [6, 6.07) is 3.46. The quantitative estimate of drug-likeness (QED) is 0.637. The molecular formula is C10H11N5O2. The van der Waals surface area contributed by atoms with E-state index < -0.39 is 4.92 Å². The molecular weight excluding hydrogens is 222 g/mol. The summed E-state index contributed by atoms with van der Waals surface area (Å²) in [7, 11) is 0. The number of rotatable bonds is 3. The van der Waals surface area contributed by atoms with Crippen LogP contribution in [0.3, 0.4) is 0 Å². The molecule has 2 aromatic rings. The molecule has 88 valence electrons. The first-order valence-corrected chi connectivity index (χ1v) is 4.98. The number of nitrogens with zero attached hydrogens (tertiary/aromatic N) is 4. The number of nitro groups is 1. The Morgan fingerprint density at radius 1 is 1.47 bits per heavy atom. The van der Waals surface area contributed by atoms with E-state index in [1.807, 2.05) is 19.1 Å². The Morgan fingerprint density at radius 2 is 2.12 bits per heavy atom. The summed E-state index contributed by atoms with van der Waals surface area (Å²) in [5.74, 6) is 0.0549. The molecule has 0 fully saturated rings. The van der Waals surface area contributed by atoms with Gasteiger partial charge < -0.3 is 5.73 Å². The second-order valence-corrected chi connectivity index (χ2v) is 3.57. The lowest BCUT2D eigenvalue weighted by atomic mass is 10.1. The summed E-state index contributed by atoms with van der Waals surface area (Å²) < 4.78 is 1.42. The van der Waals surface area contributed by atoms with Gasteiger partial charge in [0.15, 0.2) is 0 Å². The largest absolute Gasteiger partial charge is 0.378 e. The maximum atomic E-state index is 10.7. The van der Waals surface area contributed by atoms with Crippen molar-refractivity contribution in [2.24, 2.45) is 0 Å². The summed E-state index contributed by atoms with van der Waals surface area (Å²) in [5, 5.41) is 14.6. The molecule has 0 aliphatic rings. The molecule has 0 aliphatic heterocycles. The van der Waals surface area contributed by atoms with E-state index in [1.54, 1.807) is 12.4 Å². The predicted molar refractivity (Wildman–Crippen MR) is 61.3 cm³/mol. The number of anilines is 1. The molecule has 2 heterocycles. The molecule has 0 spiro atoms. The fourth-order valence-corrected chi connectivity index (χ4v) is 1.60. The minimum absolute atomic E-state index is 0.0549. The van der Waals surface area contributed by atoms with Gasteiger partial charge in [-0.1, -0.05) is 0 Å². The molecule has 17 heavy (non-hydrogen) atoms. The van der Waals surface area contributed by atoms with Crippen LogP contribution in [0, 0.1) is 10.1 Å². The molecule has 0 aromatic carbocycles. The minimum Gasteiger partial charge on any atom is -0.378 e. The van der Waals surface area contributed by atoms with Gasteiger partial charge in [-0.15, -0.1) is 0 Å². The van der Waals surface area contributed by atoms with Crippen LogP contribution in [0.2, 0.25) is 0 Å². The van der Waals surface area contributed by atoms with Gasteiger partial charge >= 0.3 is 5.69 Å². The highest BCUT2D eigenvalue weighted by Gasteiger charge is 2.21. The fraction of sp³-hybridized carbons (Fsp3) is 0.200. The smallest absolute Gasteiger partial charge is 0.330 e. The molecule has 1 unspecified atom stereocenters. The van der Waals surface area contributed by atoms with Gasteiger partial charge in [-0.05, 0) is 24.6 Å². The van der Waals surface area contributed by atoms with E-state index in [2.05, 4.69) is 10.1 Å². The minimum atomic E-state index is -0.544. The van der Waals surface area contributed by atoms with Crippen LogP contribution in [-0.4, -0.2) is 19.7 Å². The molecule has 7 nitrogen and oxygen atoms in total. The van der Waals surface area contributed by atoms with Crippen molar-refractivity contribution in [1.29, 1.82) is 0 Å². The molecule has 0 amide bonds. The number of hydrogen-bond acceptors (Lipinski definition) is 5. The van der Waals surface area contributed by atoms with E-state index >= 15 is 0 Å². The molecule has 0 bridgehead atoms. The van der Waals surface area contributed by atoms with Crippen LogP contribution in [0.4, 0.5) is 11.5 Å². The molecule has 0 saturated heterocycles. The molecule has 1 atom stereocenters. The summed E-state index contributed by atoms with van der Waals surface area (Å²) in [4.78, 5) is 14.0. The zero-order valence-electron chi connectivity index (χ0n) is 9.15. The Kier molecular flexibility index (Phi) is 2.73. The van der Waals surface area contributed by atoms with Crippen LogP contribution in [0.1, 0.15) is 18.5 Å². The zero-order valence-corrected chi connectivity index (χ0v) is 9.15. The van der Waals surface area contributed by atoms with Gasteiger partial charge in [-0.2, -0.15) is 5.10 Å². The zero-order chi connectivity index (χ0) is 12.4. The highest BCUT2D eigenvalue weighted by molar-refractivity contribution is 5.52. The van der Waals surface area contributed by atoms with E-state index in [-0.39, 0.29) is 17.5 Å². The highest BCUT2D eigenvalue weighted by Crippen LogP contribution is 2.26. The van der Waals surface area contributed by atoms with Gasteiger partial charge in [0.2, 0.25) is 5.82 Å². The summed E-state index contributed by atoms with van der Waals surface area (Å²) in [5.41, 5.74) is 6.45. The third kappa shape index (κ3) is 1.94. The average Bonchev–Trinajstić information content (AvgIpc) is 2.71. The average molecular weight is 233 g/mol. The SMILES string of the molecule is CC(c1ccncc1)n1ncc([N+](=O)[O-])c1N. The summed E-state index contributed by atoms with van der Waals surface area (Å²) in [6.45, 7) is 1.86. The Hall–Kier alpha value is -2.44. The molecule has 2 rings (SSSR count). The van der Waals surface area contributed by atoms with Crippen molar-refractivity contribution < 1.29 is 4.92 Å². The van der Waals surface area contributed by atoms with Gasteiger partial charge in [-0.25, -0.2) is 4.68 Å². The first-order chi connectivity index (χ1) is 8.11. The van der Waals surface area contributed by atoms with Crippen molar-refractivity contribution in [3.05, 3.63) is 46.4 Å². The van der Waals surface area contributed by atoms with Gasteiger partial charge in [0.05, 0.1) is 11.0 Å². The van der Waals surface area contributed by atoms with Crippen LogP contribution in [-0.2, 0) is 0 Å². The third-order valence-electron chi connectivity index (χ3n) is 2.57. The van der Waals surface area contributed by atoms with Crippen molar-refractivity contribution in [1.82, 2.24) is 14.8 Å². The van der Waals surface area contributed by atoms with Crippen molar-refractivity contribution in [3.8, 4) is 0 Å². The predicted octanol–water partition coefficient (Wildman–Crippen LogP) is 1.38. The normalized spacial score (nSPS) is 12.3. The number of nitrogen functional groups attached to an aromatic ring is 1. The van der Waals surface area contributed by atoms with Crippen molar-refractivity contribution in [2.45, 2.75) is 13.0 Å². The van der Waals surface area contributed by atoms with Crippen molar-refractivity contribution in [2.75, 3.05) is 5.73 Å². The maximum Gasteiger partial charge on any atom is 0.330 e. The number of pyridine rings is 1. The van der Waals surface area contributed by atoms with Crippen LogP contribution in [0.5, 0.6) is 0 Å². The number of hydrogen-bond donors (Lipinski definition) is 1. The van der Waals surface area contributed by atoms with Gasteiger partial charge in [0.25, 0.3) is 0 Å². The summed E-state index contributed by atoms with van der Waals surface area (Å²) in [6.07, 6.45) is 4.47. The maximum absolute atomic E-state index is 10.7. The second-order valence-electron chi connectivity index (χ2n) is 3.57. The first-order valence-electron chi connectivity index (χ1n) is 4.98. The van der Waals surface area contributed by atoms with Gasteiger partial charge in [0.1, 0.15) is 6.20 Å². The lowest BCUT2D eigenvalue weighted by Crippen LogP contribution is -2.11. The Morgan fingerprint density at radius 3 is 2.65 bits per heavy atom. The monoisotopic (exact) mass is 233 g/mol. The van der Waals surface area contributed by atoms with Crippen molar-refractivity contribution in [3.63, 3.8) is 0 Å². The number of aromatic nitrogens is 3. The first kappa shape index (κ1) is 11.1. The molecule has 2 aromatic heterocycles. The van der Waals surface area contributed by atoms with Gasteiger partial charge in [0, 0.05) is 12.4 Å². The topological polar surface area (TPSA) is 99.9 Å². The lowest BCUT2D eigenvalue weighted by Gasteiger charge is -2.13. The Balaban J connectivity index is 2.39. The fourth-order valence-electron chi connectivity index (χ4n) is 1.60.